The van der Waals surface area contributed by atoms with E-state index in [1.165, 1.54) is 0 Å². The van der Waals surface area contributed by atoms with E-state index in [2.05, 4.69) is 17.2 Å². The van der Waals surface area contributed by atoms with Crippen molar-refractivity contribution in [1.82, 2.24) is 15.0 Å². The van der Waals surface area contributed by atoms with Crippen LogP contribution >= 0.6 is 0 Å². The molecule has 1 atom stereocenters. The second-order valence-corrected chi connectivity index (χ2v) is 4.79. The van der Waals surface area contributed by atoms with Crippen LogP contribution in [0.3, 0.4) is 0 Å². The third kappa shape index (κ3) is 3.21. The maximum absolute atomic E-state index is 11.1. The van der Waals surface area contributed by atoms with Crippen LogP contribution in [0.4, 0.5) is 0 Å². The molecule has 21 heavy (non-hydrogen) atoms. The van der Waals surface area contributed by atoms with Crippen molar-refractivity contribution in [2.45, 2.75) is 39.7 Å². The molecule has 1 aromatic heterocycles. The average Bonchev–Trinajstić information content (AvgIpc) is 2.91. The fraction of sp³-hybridized carbons (Fsp3) is 0.400. The van der Waals surface area contributed by atoms with Crippen LogP contribution in [0.5, 0.6) is 5.75 Å². The maximum atomic E-state index is 11.1. The van der Waals surface area contributed by atoms with Gasteiger partial charge >= 0.3 is 5.97 Å². The van der Waals surface area contributed by atoms with Gasteiger partial charge < -0.3 is 9.84 Å². The van der Waals surface area contributed by atoms with Gasteiger partial charge in [0.25, 0.3) is 0 Å². The molecular weight excluding hydrogens is 270 g/mol. The van der Waals surface area contributed by atoms with E-state index in [4.69, 9.17) is 9.84 Å². The predicted octanol–water partition coefficient (Wildman–Crippen LogP) is 2.71. The zero-order valence-corrected chi connectivity index (χ0v) is 12.4. The largest absolute Gasteiger partial charge is 0.491 e. The third-order valence-electron chi connectivity index (χ3n) is 3.28. The van der Waals surface area contributed by atoms with Crippen molar-refractivity contribution in [2.75, 3.05) is 0 Å². The van der Waals surface area contributed by atoms with Gasteiger partial charge in [-0.05, 0) is 31.9 Å². The van der Waals surface area contributed by atoms with Crippen LogP contribution < -0.4 is 4.74 Å². The fourth-order valence-corrected chi connectivity index (χ4v) is 2.00. The minimum atomic E-state index is -1.06. The molecule has 0 fully saturated rings. The highest BCUT2D eigenvalue weighted by molar-refractivity contribution is 5.86. The Kier molecular flexibility index (Phi) is 4.57. The van der Waals surface area contributed by atoms with Crippen molar-refractivity contribution in [2.24, 2.45) is 0 Å². The number of ether oxygens (including phenoxy) is 1. The number of rotatable bonds is 6. The van der Waals surface area contributed by atoms with E-state index in [1.54, 1.807) is 4.68 Å². The Morgan fingerprint density at radius 3 is 2.81 bits per heavy atom. The Bertz CT molecular complexity index is 637. The first-order valence-corrected chi connectivity index (χ1v) is 7.01. The molecule has 0 amide bonds. The summed E-state index contributed by atoms with van der Waals surface area (Å²) < 4.78 is 7.32. The molecule has 2 rings (SSSR count). The number of carboxylic acid groups (broad SMARTS) is 1. The molecule has 1 unspecified atom stereocenters. The molecule has 112 valence electrons. The Labute approximate surface area is 123 Å². The minimum Gasteiger partial charge on any atom is -0.491 e. The zero-order valence-electron chi connectivity index (χ0n) is 12.4. The lowest BCUT2D eigenvalue weighted by molar-refractivity contribution is 0.0689. The molecule has 6 nitrogen and oxygen atoms in total. The van der Waals surface area contributed by atoms with E-state index in [-0.39, 0.29) is 11.8 Å². The van der Waals surface area contributed by atoms with Crippen molar-refractivity contribution in [3.05, 3.63) is 35.7 Å². The Morgan fingerprint density at radius 2 is 2.19 bits per heavy atom. The van der Waals surface area contributed by atoms with Crippen molar-refractivity contribution in [3.63, 3.8) is 0 Å². The second kappa shape index (κ2) is 6.39. The van der Waals surface area contributed by atoms with E-state index in [0.29, 0.717) is 12.1 Å². The van der Waals surface area contributed by atoms with Gasteiger partial charge in [-0.25, -0.2) is 9.48 Å². The molecule has 1 aromatic carbocycles. The maximum Gasteiger partial charge on any atom is 0.358 e. The number of nitrogens with zero attached hydrogens (tertiary/aromatic N) is 3. The van der Waals surface area contributed by atoms with Gasteiger partial charge in [0.05, 0.1) is 17.5 Å². The van der Waals surface area contributed by atoms with Gasteiger partial charge in [0.15, 0.2) is 5.69 Å². The number of carboxylic acids is 1. The summed E-state index contributed by atoms with van der Waals surface area (Å²) in [5.74, 6) is -0.332. The Hall–Kier alpha value is -2.37. The molecule has 0 radical (unpaired) electrons. The van der Waals surface area contributed by atoms with Gasteiger partial charge in [-0.3, -0.25) is 0 Å². The topological polar surface area (TPSA) is 77.2 Å². The van der Waals surface area contributed by atoms with Crippen molar-refractivity contribution in [1.29, 1.82) is 0 Å². The van der Waals surface area contributed by atoms with E-state index in [0.717, 1.165) is 17.9 Å². The van der Waals surface area contributed by atoms with Crippen LogP contribution in [-0.4, -0.2) is 32.2 Å². The minimum absolute atomic E-state index is 0.00857. The van der Waals surface area contributed by atoms with Gasteiger partial charge in [-0.1, -0.05) is 25.1 Å². The van der Waals surface area contributed by atoms with Gasteiger partial charge in [0.2, 0.25) is 0 Å². The summed E-state index contributed by atoms with van der Waals surface area (Å²) in [6.07, 6.45) is 1.57. The second-order valence-electron chi connectivity index (χ2n) is 4.79. The predicted molar refractivity (Wildman–Crippen MR) is 78.1 cm³/mol. The van der Waals surface area contributed by atoms with E-state index >= 15 is 0 Å². The van der Waals surface area contributed by atoms with Crippen LogP contribution in [0.2, 0.25) is 0 Å². The standard InChI is InChI=1S/C15H19N3O3/c1-4-10(3)21-12-8-6-7-11(9-12)18-13(5-2)14(15(19)20)16-17-18/h6-10H,4-5H2,1-3H3,(H,19,20). The number of carbonyl (C=O) groups is 1. The molecule has 1 heterocycles. The van der Waals surface area contributed by atoms with Crippen molar-refractivity contribution >= 4 is 5.97 Å². The zero-order chi connectivity index (χ0) is 15.4. The lowest BCUT2D eigenvalue weighted by Gasteiger charge is -2.13. The van der Waals surface area contributed by atoms with Crippen LogP contribution in [0.1, 0.15) is 43.4 Å². The summed E-state index contributed by atoms with van der Waals surface area (Å²) >= 11 is 0. The highest BCUT2D eigenvalue weighted by Gasteiger charge is 2.18. The van der Waals surface area contributed by atoms with Gasteiger partial charge in [0.1, 0.15) is 5.75 Å². The molecule has 0 aliphatic carbocycles. The van der Waals surface area contributed by atoms with E-state index < -0.39 is 5.97 Å². The fourth-order valence-electron chi connectivity index (χ4n) is 2.00. The first-order chi connectivity index (χ1) is 10.1. The molecule has 1 N–H and O–H groups in total. The molecule has 2 aromatic rings. The molecule has 0 saturated carbocycles. The summed E-state index contributed by atoms with van der Waals surface area (Å²) in [4.78, 5) is 11.1. The van der Waals surface area contributed by atoms with Gasteiger partial charge in [0, 0.05) is 6.07 Å². The third-order valence-corrected chi connectivity index (χ3v) is 3.28. The smallest absolute Gasteiger partial charge is 0.358 e. The van der Waals surface area contributed by atoms with Crippen molar-refractivity contribution in [3.8, 4) is 11.4 Å². The van der Waals surface area contributed by atoms with Crippen LogP contribution in [0, 0.1) is 0 Å². The summed E-state index contributed by atoms with van der Waals surface area (Å²) in [5, 5.41) is 16.8. The Balaban J connectivity index is 2.38. The highest BCUT2D eigenvalue weighted by atomic mass is 16.5. The van der Waals surface area contributed by atoms with Crippen molar-refractivity contribution < 1.29 is 14.6 Å². The molecular formula is C15H19N3O3. The molecule has 0 spiro atoms. The lowest BCUT2D eigenvalue weighted by atomic mass is 10.2. The molecule has 0 saturated heterocycles. The van der Waals surface area contributed by atoms with Gasteiger partial charge in [-0.2, -0.15) is 0 Å². The van der Waals surface area contributed by atoms with Crippen LogP contribution in [0.25, 0.3) is 5.69 Å². The van der Waals surface area contributed by atoms with Crippen LogP contribution in [-0.2, 0) is 6.42 Å². The normalized spacial score (nSPS) is 12.1. The first-order valence-electron chi connectivity index (χ1n) is 7.01. The van der Waals surface area contributed by atoms with Crippen LogP contribution in [0.15, 0.2) is 24.3 Å². The number of benzene rings is 1. The van der Waals surface area contributed by atoms with E-state index in [1.807, 2.05) is 38.1 Å². The van der Waals surface area contributed by atoms with Gasteiger partial charge in [-0.15, -0.1) is 5.10 Å². The van der Waals surface area contributed by atoms with E-state index in [9.17, 15) is 4.79 Å². The molecule has 0 aliphatic heterocycles. The molecule has 0 bridgehead atoms. The molecule has 0 aliphatic rings. The molecule has 6 heteroatoms. The quantitative estimate of drug-likeness (QED) is 0.884. The summed E-state index contributed by atoms with van der Waals surface area (Å²) in [6, 6.07) is 7.42. The monoisotopic (exact) mass is 289 g/mol. The first kappa shape index (κ1) is 15.0. The number of hydrogen-bond donors (Lipinski definition) is 1. The summed E-state index contributed by atoms with van der Waals surface area (Å²) in [7, 11) is 0. The highest BCUT2D eigenvalue weighted by Crippen LogP contribution is 2.20. The SMILES string of the molecule is CCc1c(C(=O)O)nnn1-c1cccc(OC(C)CC)c1. The summed E-state index contributed by atoms with van der Waals surface area (Å²) in [6.45, 7) is 5.93. The Morgan fingerprint density at radius 1 is 1.43 bits per heavy atom. The number of aromatic nitrogens is 3. The summed E-state index contributed by atoms with van der Waals surface area (Å²) in [5.41, 5.74) is 1.31. The average molecular weight is 289 g/mol. The number of aromatic carboxylic acids is 1. The lowest BCUT2D eigenvalue weighted by Crippen LogP contribution is -2.10. The number of hydrogen-bond acceptors (Lipinski definition) is 4.